The average Bonchev–Trinajstić information content (AvgIpc) is 2.17. The van der Waals surface area contributed by atoms with Crippen LogP contribution in [0.5, 0.6) is 0 Å². The van der Waals surface area contributed by atoms with Gasteiger partial charge >= 0.3 is 6.03 Å². The fourth-order valence-electron chi connectivity index (χ4n) is 1.04. The van der Waals surface area contributed by atoms with E-state index in [1.165, 1.54) is 0 Å². The molecule has 0 aliphatic rings. The molecule has 0 spiro atoms. The highest BCUT2D eigenvalue weighted by Crippen LogP contribution is 2.13. The zero-order valence-electron chi connectivity index (χ0n) is 8.01. The lowest BCUT2D eigenvalue weighted by molar-refractivity contribution is 0.241. The van der Waals surface area contributed by atoms with Crippen LogP contribution in [0.1, 0.15) is 12.5 Å². The molecule has 3 nitrogen and oxygen atoms in total. The zero-order chi connectivity index (χ0) is 10.4. The van der Waals surface area contributed by atoms with Crippen LogP contribution < -0.4 is 10.6 Å². The second-order valence-electron chi connectivity index (χ2n) is 2.80. The molecule has 2 N–H and O–H groups in total. The van der Waals surface area contributed by atoms with E-state index >= 15 is 0 Å². The molecule has 4 heteroatoms. The van der Waals surface area contributed by atoms with Crippen LogP contribution in [-0.4, -0.2) is 12.6 Å². The van der Waals surface area contributed by atoms with E-state index in [1.807, 2.05) is 25.1 Å². The second-order valence-corrected chi connectivity index (χ2v) is 3.21. The largest absolute Gasteiger partial charge is 0.338 e. The van der Waals surface area contributed by atoms with E-state index in [2.05, 4.69) is 10.6 Å². The van der Waals surface area contributed by atoms with Crippen molar-refractivity contribution in [3.05, 3.63) is 34.9 Å². The minimum atomic E-state index is -0.174. The van der Waals surface area contributed by atoms with Gasteiger partial charge in [-0.1, -0.05) is 29.8 Å². The summed E-state index contributed by atoms with van der Waals surface area (Å²) >= 11 is 5.91. The number of amides is 2. The van der Waals surface area contributed by atoms with E-state index in [-0.39, 0.29) is 6.03 Å². The van der Waals surface area contributed by atoms with Gasteiger partial charge in [-0.05, 0) is 18.6 Å². The van der Waals surface area contributed by atoms with Crippen molar-refractivity contribution in [2.24, 2.45) is 0 Å². The maximum Gasteiger partial charge on any atom is 0.315 e. The van der Waals surface area contributed by atoms with Crippen molar-refractivity contribution in [3.8, 4) is 0 Å². The van der Waals surface area contributed by atoms with Crippen molar-refractivity contribution in [1.82, 2.24) is 10.6 Å². The van der Waals surface area contributed by atoms with Gasteiger partial charge in [0.1, 0.15) is 0 Å². The highest BCUT2D eigenvalue weighted by Gasteiger charge is 2.00. The molecule has 0 atom stereocenters. The van der Waals surface area contributed by atoms with E-state index in [0.717, 1.165) is 5.56 Å². The van der Waals surface area contributed by atoms with E-state index in [4.69, 9.17) is 11.6 Å². The summed E-state index contributed by atoms with van der Waals surface area (Å²) < 4.78 is 0. The van der Waals surface area contributed by atoms with Gasteiger partial charge in [-0.2, -0.15) is 0 Å². The Labute approximate surface area is 88.5 Å². The van der Waals surface area contributed by atoms with Crippen molar-refractivity contribution < 1.29 is 4.79 Å². The van der Waals surface area contributed by atoms with E-state index < -0.39 is 0 Å². The summed E-state index contributed by atoms with van der Waals surface area (Å²) in [4.78, 5) is 11.1. The molecule has 2 amide bonds. The van der Waals surface area contributed by atoms with E-state index in [9.17, 15) is 4.79 Å². The molecule has 0 fully saturated rings. The lowest BCUT2D eigenvalue weighted by Crippen LogP contribution is -2.34. The van der Waals surface area contributed by atoms with Crippen molar-refractivity contribution in [2.75, 3.05) is 6.54 Å². The molecule has 76 valence electrons. The number of carbonyl (C=O) groups excluding carboxylic acids is 1. The molecule has 1 rings (SSSR count). The van der Waals surface area contributed by atoms with Crippen LogP contribution in [0.25, 0.3) is 0 Å². The van der Waals surface area contributed by atoms with Gasteiger partial charge in [0.2, 0.25) is 0 Å². The molecule has 0 aliphatic heterocycles. The van der Waals surface area contributed by atoms with Crippen LogP contribution >= 0.6 is 11.6 Å². The topological polar surface area (TPSA) is 41.1 Å². The van der Waals surface area contributed by atoms with Crippen LogP contribution in [0.4, 0.5) is 4.79 Å². The van der Waals surface area contributed by atoms with E-state index in [0.29, 0.717) is 18.1 Å². The quantitative estimate of drug-likeness (QED) is 0.792. The van der Waals surface area contributed by atoms with Crippen LogP contribution in [-0.2, 0) is 6.54 Å². The summed E-state index contributed by atoms with van der Waals surface area (Å²) in [6, 6.07) is 7.26. The number of nitrogens with one attached hydrogen (secondary N) is 2. The van der Waals surface area contributed by atoms with Crippen LogP contribution in [0.15, 0.2) is 24.3 Å². The summed E-state index contributed by atoms with van der Waals surface area (Å²) in [6.45, 7) is 2.94. The lowest BCUT2D eigenvalue weighted by atomic mass is 10.2. The number of hydrogen-bond donors (Lipinski definition) is 2. The molecule has 0 saturated heterocycles. The first kappa shape index (κ1) is 10.9. The van der Waals surface area contributed by atoms with Gasteiger partial charge in [-0.25, -0.2) is 4.79 Å². The average molecular weight is 213 g/mol. The predicted octanol–water partition coefficient (Wildman–Crippen LogP) is 2.16. The molecular weight excluding hydrogens is 200 g/mol. The first-order valence-electron chi connectivity index (χ1n) is 4.49. The summed E-state index contributed by atoms with van der Waals surface area (Å²) in [5.74, 6) is 0. The van der Waals surface area contributed by atoms with Crippen LogP contribution in [0.3, 0.4) is 0 Å². The summed E-state index contributed by atoms with van der Waals surface area (Å²) in [5, 5.41) is 6.02. The Kier molecular flexibility index (Phi) is 4.26. The Morgan fingerprint density at radius 2 is 2.07 bits per heavy atom. The number of halogens is 1. The maximum absolute atomic E-state index is 11.1. The molecule has 1 aromatic carbocycles. The van der Waals surface area contributed by atoms with Gasteiger partial charge in [0.05, 0.1) is 0 Å². The molecule has 0 heterocycles. The second kappa shape index (κ2) is 5.50. The van der Waals surface area contributed by atoms with Crippen LogP contribution in [0.2, 0.25) is 5.02 Å². The fraction of sp³-hybridized carbons (Fsp3) is 0.300. The highest BCUT2D eigenvalue weighted by molar-refractivity contribution is 6.31. The van der Waals surface area contributed by atoms with E-state index in [1.54, 1.807) is 6.07 Å². The SMILES string of the molecule is CCNC(=O)NCc1ccccc1Cl. The smallest absolute Gasteiger partial charge is 0.315 e. The molecule has 0 radical (unpaired) electrons. The monoisotopic (exact) mass is 212 g/mol. The minimum Gasteiger partial charge on any atom is -0.338 e. The number of benzene rings is 1. The Morgan fingerprint density at radius 3 is 2.71 bits per heavy atom. The predicted molar refractivity (Wildman–Crippen MR) is 57.4 cm³/mol. The van der Waals surface area contributed by atoms with Crippen molar-refractivity contribution >= 4 is 17.6 Å². The molecule has 0 bridgehead atoms. The number of urea groups is 1. The Bertz CT molecular complexity index is 315. The zero-order valence-corrected chi connectivity index (χ0v) is 8.77. The molecule has 0 saturated carbocycles. The third-order valence-electron chi connectivity index (χ3n) is 1.73. The Hall–Kier alpha value is -1.22. The molecule has 0 aromatic heterocycles. The minimum absolute atomic E-state index is 0.174. The van der Waals surface area contributed by atoms with Crippen molar-refractivity contribution in [1.29, 1.82) is 0 Å². The molecule has 1 aromatic rings. The molecular formula is C10H13ClN2O. The summed E-state index contributed by atoms with van der Waals surface area (Å²) in [5.41, 5.74) is 0.917. The molecule has 14 heavy (non-hydrogen) atoms. The first-order valence-corrected chi connectivity index (χ1v) is 4.87. The number of carbonyl (C=O) groups is 1. The van der Waals surface area contributed by atoms with Crippen molar-refractivity contribution in [2.45, 2.75) is 13.5 Å². The third-order valence-corrected chi connectivity index (χ3v) is 2.10. The summed E-state index contributed by atoms with van der Waals surface area (Å²) in [6.07, 6.45) is 0. The van der Waals surface area contributed by atoms with Crippen LogP contribution in [0, 0.1) is 0 Å². The van der Waals surface area contributed by atoms with Gasteiger partial charge in [-0.3, -0.25) is 0 Å². The van der Waals surface area contributed by atoms with Gasteiger partial charge in [-0.15, -0.1) is 0 Å². The molecule has 0 aliphatic carbocycles. The van der Waals surface area contributed by atoms with Gasteiger partial charge in [0.15, 0.2) is 0 Å². The maximum atomic E-state index is 11.1. The number of hydrogen-bond acceptors (Lipinski definition) is 1. The summed E-state index contributed by atoms with van der Waals surface area (Å²) in [7, 11) is 0. The lowest BCUT2D eigenvalue weighted by Gasteiger charge is -2.06. The Morgan fingerprint density at radius 1 is 1.36 bits per heavy atom. The third kappa shape index (κ3) is 3.26. The first-order chi connectivity index (χ1) is 6.74. The van der Waals surface area contributed by atoms with Gasteiger partial charge in [0.25, 0.3) is 0 Å². The van der Waals surface area contributed by atoms with Gasteiger partial charge in [0, 0.05) is 18.1 Å². The number of rotatable bonds is 3. The normalized spacial score (nSPS) is 9.57. The highest BCUT2D eigenvalue weighted by atomic mass is 35.5. The molecule has 0 unspecified atom stereocenters. The fourth-order valence-corrected chi connectivity index (χ4v) is 1.24. The Balaban J connectivity index is 2.46. The standard InChI is InChI=1S/C10H13ClN2O/c1-2-12-10(14)13-7-8-5-3-4-6-9(8)11/h3-6H,2,7H2,1H3,(H2,12,13,14). The van der Waals surface area contributed by atoms with Gasteiger partial charge < -0.3 is 10.6 Å². The van der Waals surface area contributed by atoms with Crippen molar-refractivity contribution in [3.63, 3.8) is 0 Å².